The number of nitrogens with zero attached hydrogens (tertiary/aromatic N) is 4. The van der Waals surface area contributed by atoms with Gasteiger partial charge in [-0.2, -0.15) is 0 Å². The molecule has 2 rings (SSSR count). The minimum Gasteiger partial charge on any atom is -0.396 e. The van der Waals surface area contributed by atoms with E-state index >= 15 is 0 Å². The lowest BCUT2D eigenvalue weighted by Gasteiger charge is -2.41. The van der Waals surface area contributed by atoms with Gasteiger partial charge in [0.25, 0.3) is 0 Å². The van der Waals surface area contributed by atoms with Gasteiger partial charge in [-0.25, -0.2) is 0 Å². The lowest BCUT2D eigenvalue weighted by molar-refractivity contribution is 0.0959. The number of aryl methyl sites for hydroxylation is 1. The average molecular weight is 295 g/mol. The van der Waals surface area contributed by atoms with Crippen LogP contribution in [0.4, 0.5) is 0 Å². The lowest BCUT2D eigenvalue weighted by Crippen LogP contribution is -2.49. The van der Waals surface area contributed by atoms with Gasteiger partial charge in [0.1, 0.15) is 0 Å². The summed E-state index contributed by atoms with van der Waals surface area (Å²) < 4.78 is 1.80. The molecule has 2 N–H and O–H groups in total. The summed E-state index contributed by atoms with van der Waals surface area (Å²) in [6.07, 6.45) is 5.07. The van der Waals surface area contributed by atoms with Gasteiger partial charge >= 0.3 is 0 Å². The first-order chi connectivity index (χ1) is 9.99. The Kier molecular flexibility index (Phi) is 5.72. The van der Waals surface area contributed by atoms with E-state index < -0.39 is 0 Å². The number of piperidine rings is 1. The highest BCUT2D eigenvalue weighted by Crippen LogP contribution is 2.20. The van der Waals surface area contributed by atoms with E-state index in [1.54, 1.807) is 4.68 Å². The second kappa shape index (κ2) is 7.33. The van der Waals surface area contributed by atoms with Gasteiger partial charge in [-0.3, -0.25) is 9.58 Å². The summed E-state index contributed by atoms with van der Waals surface area (Å²) >= 11 is 0. The monoisotopic (exact) mass is 295 g/mol. The molecule has 1 aromatic rings. The maximum Gasteiger partial charge on any atom is 0.0964 e. The molecule has 0 aliphatic carbocycles. The Morgan fingerprint density at radius 3 is 2.67 bits per heavy atom. The van der Waals surface area contributed by atoms with Crippen molar-refractivity contribution in [3.05, 3.63) is 11.9 Å². The van der Waals surface area contributed by atoms with Crippen LogP contribution in [0.2, 0.25) is 0 Å². The molecule has 120 valence electrons. The third-order valence-corrected chi connectivity index (χ3v) is 4.15. The summed E-state index contributed by atoms with van der Waals surface area (Å²) in [5.41, 5.74) is 1.26. The fourth-order valence-electron chi connectivity index (χ4n) is 2.76. The topological polar surface area (TPSA) is 66.2 Å². The normalized spacial score (nSPS) is 18.3. The van der Waals surface area contributed by atoms with Crippen LogP contribution in [0.5, 0.6) is 0 Å². The summed E-state index contributed by atoms with van der Waals surface area (Å²) in [4.78, 5) is 2.55. The third-order valence-electron chi connectivity index (χ3n) is 4.15. The average Bonchev–Trinajstić information content (AvgIpc) is 2.90. The number of aliphatic hydroxyl groups is 1. The van der Waals surface area contributed by atoms with Gasteiger partial charge in [0, 0.05) is 50.6 Å². The van der Waals surface area contributed by atoms with E-state index in [1.165, 1.54) is 12.8 Å². The predicted octanol–water partition coefficient (Wildman–Crippen LogP) is 1.01. The molecule has 0 unspecified atom stereocenters. The summed E-state index contributed by atoms with van der Waals surface area (Å²) in [5.74, 6) is 0. The summed E-state index contributed by atoms with van der Waals surface area (Å²) in [6, 6.07) is 0.575. The van der Waals surface area contributed by atoms with Gasteiger partial charge < -0.3 is 10.4 Å². The van der Waals surface area contributed by atoms with E-state index in [0.29, 0.717) is 6.04 Å². The Hall–Kier alpha value is -0.980. The largest absolute Gasteiger partial charge is 0.396 e. The van der Waals surface area contributed by atoms with Gasteiger partial charge in [0.05, 0.1) is 5.69 Å². The van der Waals surface area contributed by atoms with Gasteiger partial charge in [-0.15, -0.1) is 5.10 Å². The van der Waals surface area contributed by atoms with E-state index in [-0.39, 0.29) is 12.1 Å². The number of hydrogen-bond donors (Lipinski definition) is 2. The van der Waals surface area contributed by atoms with Crippen LogP contribution >= 0.6 is 0 Å². The number of likely N-dealkylation sites (tertiary alicyclic amines) is 1. The lowest BCUT2D eigenvalue weighted by atomic mass is 9.98. The van der Waals surface area contributed by atoms with Gasteiger partial charge in [-0.1, -0.05) is 5.21 Å². The number of hydrogen-bond acceptors (Lipinski definition) is 5. The Morgan fingerprint density at radius 1 is 1.33 bits per heavy atom. The quantitative estimate of drug-likeness (QED) is 0.820. The SMILES string of the molecule is CC(C)(C)N1CCC(NCc2cn(CCCO)nn2)CC1. The van der Waals surface area contributed by atoms with Crippen molar-refractivity contribution in [1.29, 1.82) is 0 Å². The van der Waals surface area contributed by atoms with Crippen LogP contribution in [0, 0.1) is 0 Å². The summed E-state index contributed by atoms with van der Waals surface area (Å²) in [7, 11) is 0. The molecule has 0 aromatic carbocycles. The third kappa shape index (κ3) is 5.05. The van der Waals surface area contributed by atoms with Crippen LogP contribution in [0.3, 0.4) is 0 Å². The van der Waals surface area contributed by atoms with Crippen molar-refractivity contribution in [3.63, 3.8) is 0 Å². The minimum absolute atomic E-state index is 0.194. The molecule has 0 spiro atoms. The number of aromatic nitrogens is 3. The van der Waals surface area contributed by atoms with E-state index in [0.717, 1.165) is 38.3 Å². The number of nitrogens with one attached hydrogen (secondary N) is 1. The number of rotatable bonds is 6. The molecule has 0 amide bonds. The second-order valence-electron chi connectivity index (χ2n) is 6.86. The van der Waals surface area contributed by atoms with Crippen molar-refractivity contribution in [3.8, 4) is 0 Å². The van der Waals surface area contributed by atoms with Gasteiger partial charge in [-0.05, 0) is 40.0 Å². The molecule has 1 aliphatic heterocycles. The van der Waals surface area contributed by atoms with Gasteiger partial charge in [0.15, 0.2) is 0 Å². The van der Waals surface area contributed by atoms with E-state index in [4.69, 9.17) is 5.11 Å². The van der Waals surface area contributed by atoms with Crippen LogP contribution in [-0.4, -0.2) is 56.3 Å². The van der Waals surface area contributed by atoms with Crippen LogP contribution < -0.4 is 5.32 Å². The van der Waals surface area contributed by atoms with Gasteiger partial charge in [0.2, 0.25) is 0 Å². The van der Waals surface area contributed by atoms with Crippen LogP contribution in [-0.2, 0) is 13.1 Å². The van der Waals surface area contributed by atoms with E-state index in [2.05, 4.69) is 41.3 Å². The fourth-order valence-corrected chi connectivity index (χ4v) is 2.76. The number of aliphatic hydroxyl groups excluding tert-OH is 1. The van der Waals surface area contributed by atoms with E-state index in [1.807, 2.05) is 6.20 Å². The molecule has 0 atom stereocenters. The zero-order valence-corrected chi connectivity index (χ0v) is 13.5. The molecule has 0 saturated carbocycles. The Morgan fingerprint density at radius 2 is 2.05 bits per heavy atom. The molecule has 1 aliphatic rings. The standard InChI is InChI=1S/C15H29N5O/c1-15(2,3)19-8-5-13(6-9-19)16-11-14-12-20(18-17-14)7-4-10-21/h12-13,16,21H,4-11H2,1-3H3. The Balaban J connectivity index is 1.71. The van der Waals surface area contributed by atoms with Crippen molar-refractivity contribution in [1.82, 2.24) is 25.2 Å². The summed E-state index contributed by atoms with van der Waals surface area (Å²) in [6.45, 7) is 10.9. The maximum absolute atomic E-state index is 8.81. The predicted molar refractivity (Wildman–Crippen MR) is 82.9 cm³/mol. The van der Waals surface area contributed by atoms with E-state index in [9.17, 15) is 0 Å². The highest BCUT2D eigenvalue weighted by molar-refractivity contribution is 4.93. The first-order valence-corrected chi connectivity index (χ1v) is 7.97. The molecular weight excluding hydrogens is 266 g/mol. The smallest absolute Gasteiger partial charge is 0.0964 e. The molecule has 1 saturated heterocycles. The van der Waals surface area contributed by atoms with Crippen LogP contribution in [0.25, 0.3) is 0 Å². The fraction of sp³-hybridized carbons (Fsp3) is 0.867. The molecule has 6 nitrogen and oxygen atoms in total. The van der Waals surface area contributed by atoms with Crippen LogP contribution in [0.1, 0.15) is 45.7 Å². The van der Waals surface area contributed by atoms with Crippen molar-refractivity contribution in [2.75, 3.05) is 19.7 Å². The zero-order chi connectivity index (χ0) is 15.3. The Bertz CT molecular complexity index is 418. The first kappa shape index (κ1) is 16.4. The molecule has 0 radical (unpaired) electrons. The molecule has 1 fully saturated rings. The van der Waals surface area contributed by atoms with Crippen molar-refractivity contribution >= 4 is 0 Å². The van der Waals surface area contributed by atoms with Crippen molar-refractivity contribution in [2.24, 2.45) is 0 Å². The second-order valence-corrected chi connectivity index (χ2v) is 6.86. The van der Waals surface area contributed by atoms with Crippen molar-refractivity contribution < 1.29 is 5.11 Å². The summed E-state index contributed by atoms with van der Waals surface area (Å²) in [5, 5.41) is 20.6. The van der Waals surface area contributed by atoms with Crippen molar-refractivity contribution in [2.45, 2.75) is 64.7 Å². The molecule has 1 aromatic heterocycles. The minimum atomic E-state index is 0.194. The zero-order valence-electron chi connectivity index (χ0n) is 13.5. The molecule has 6 heteroatoms. The molecular formula is C15H29N5O. The highest BCUT2D eigenvalue weighted by atomic mass is 16.3. The molecule has 0 bridgehead atoms. The van der Waals surface area contributed by atoms with Crippen LogP contribution in [0.15, 0.2) is 6.20 Å². The maximum atomic E-state index is 8.81. The first-order valence-electron chi connectivity index (χ1n) is 7.97. The highest BCUT2D eigenvalue weighted by Gasteiger charge is 2.26. The molecule has 2 heterocycles. The Labute approximate surface area is 127 Å². The molecule has 21 heavy (non-hydrogen) atoms.